The second-order valence-corrected chi connectivity index (χ2v) is 3.70. The van der Waals surface area contributed by atoms with E-state index < -0.39 is 11.9 Å². The van der Waals surface area contributed by atoms with Crippen LogP contribution in [-0.4, -0.2) is 30.4 Å². The predicted octanol–water partition coefficient (Wildman–Crippen LogP) is 1.36. The van der Waals surface area contributed by atoms with Crippen molar-refractivity contribution in [3.63, 3.8) is 0 Å². The van der Waals surface area contributed by atoms with Gasteiger partial charge in [-0.3, -0.25) is 0 Å². The molecule has 1 aliphatic heterocycles. The Morgan fingerprint density at radius 2 is 2.38 bits per heavy atom. The molecule has 0 amide bonds. The van der Waals surface area contributed by atoms with Crippen LogP contribution in [0.4, 0.5) is 15.8 Å². The van der Waals surface area contributed by atoms with Gasteiger partial charge < -0.3 is 10.0 Å². The van der Waals surface area contributed by atoms with Crippen LogP contribution < -0.4 is 4.90 Å². The van der Waals surface area contributed by atoms with Gasteiger partial charge in [-0.1, -0.05) is 6.07 Å². The zero-order valence-corrected chi connectivity index (χ0v) is 8.56. The van der Waals surface area contributed by atoms with Gasteiger partial charge in [0.15, 0.2) is 0 Å². The van der Waals surface area contributed by atoms with Crippen LogP contribution in [0.2, 0.25) is 0 Å². The largest absolute Gasteiger partial charge is 0.391 e. The molecule has 0 bridgehead atoms. The summed E-state index contributed by atoms with van der Waals surface area (Å²) in [6.07, 6.45) is 1.55. The Labute approximate surface area is 92.0 Å². The van der Waals surface area contributed by atoms with Crippen LogP contribution in [0.3, 0.4) is 0 Å². The molecule has 1 aromatic rings. The highest BCUT2D eigenvalue weighted by molar-refractivity contribution is 5.70. The fraction of sp³-hybridized carbons (Fsp3) is 0.364. The molecule has 1 N–H and O–H groups in total. The summed E-state index contributed by atoms with van der Waals surface area (Å²) in [5, 5.41) is 9.40. The molecule has 16 heavy (non-hydrogen) atoms. The number of benzene rings is 1. The van der Waals surface area contributed by atoms with Crippen molar-refractivity contribution in [3.8, 4) is 0 Å². The molecule has 0 aliphatic carbocycles. The zero-order valence-electron chi connectivity index (χ0n) is 8.56. The second kappa shape index (κ2) is 4.43. The lowest BCUT2D eigenvalue weighted by atomic mass is 10.2. The Morgan fingerprint density at radius 3 is 3.00 bits per heavy atom. The molecule has 1 heterocycles. The van der Waals surface area contributed by atoms with Crippen molar-refractivity contribution in [2.75, 3.05) is 18.0 Å². The molecule has 5 heteroatoms. The minimum absolute atomic E-state index is 0.254. The smallest absolute Gasteiger partial charge is 0.240 e. The lowest BCUT2D eigenvalue weighted by molar-refractivity contribution is 0.198. The van der Waals surface area contributed by atoms with Gasteiger partial charge >= 0.3 is 0 Å². The fourth-order valence-electron chi connectivity index (χ4n) is 1.90. The van der Waals surface area contributed by atoms with Gasteiger partial charge in [-0.05, 0) is 18.6 Å². The number of hydrogen-bond donors (Lipinski definition) is 1. The SMILES string of the molecule is O=C=Nc1cccc(F)c1N1CCC(O)C1. The monoisotopic (exact) mass is 222 g/mol. The molecule has 84 valence electrons. The van der Waals surface area contributed by atoms with E-state index in [1.165, 1.54) is 18.2 Å². The van der Waals surface area contributed by atoms with Crippen molar-refractivity contribution in [1.82, 2.24) is 0 Å². The number of anilines is 1. The average molecular weight is 222 g/mol. The summed E-state index contributed by atoms with van der Waals surface area (Å²) >= 11 is 0. The Balaban J connectivity index is 2.41. The summed E-state index contributed by atoms with van der Waals surface area (Å²) in [4.78, 5) is 15.4. The quantitative estimate of drug-likeness (QED) is 0.607. The standard InChI is InChI=1S/C11H11FN2O2/c12-9-2-1-3-10(13-7-15)11(9)14-5-4-8(16)6-14/h1-3,8,16H,4-6H2. The number of halogens is 1. The molecule has 4 nitrogen and oxygen atoms in total. The first kappa shape index (κ1) is 10.8. The van der Waals surface area contributed by atoms with E-state index in [9.17, 15) is 14.3 Å². The van der Waals surface area contributed by atoms with E-state index >= 15 is 0 Å². The number of nitrogens with zero attached hydrogens (tertiary/aromatic N) is 2. The van der Waals surface area contributed by atoms with E-state index in [4.69, 9.17) is 0 Å². The molecule has 2 rings (SSSR count). The molecule has 0 spiro atoms. The van der Waals surface area contributed by atoms with Crippen molar-refractivity contribution in [2.45, 2.75) is 12.5 Å². The van der Waals surface area contributed by atoms with E-state index in [-0.39, 0.29) is 11.4 Å². The number of aliphatic imine (C=N–C) groups is 1. The van der Waals surface area contributed by atoms with Crippen LogP contribution >= 0.6 is 0 Å². The molecule has 1 aliphatic rings. The minimum Gasteiger partial charge on any atom is -0.391 e. The average Bonchev–Trinajstić information content (AvgIpc) is 2.65. The molecular formula is C11H11FN2O2. The summed E-state index contributed by atoms with van der Waals surface area (Å²) in [6, 6.07) is 4.35. The highest BCUT2D eigenvalue weighted by Crippen LogP contribution is 2.33. The zero-order chi connectivity index (χ0) is 11.5. The highest BCUT2D eigenvalue weighted by Gasteiger charge is 2.24. The Kier molecular flexibility index (Phi) is 2.99. The first-order valence-electron chi connectivity index (χ1n) is 5.02. The predicted molar refractivity (Wildman–Crippen MR) is 57.0 cm³/mol. The molecule has 1 unspecified atom stereocenters. The van der Waals surface area contributed by atoms with Gasteiger partial charge in [-0.15, -0.1) is 0 Å². The maximum atomic E-state index is 13.6. The van der Waals surface area contributed by atoms with E-state index in [0.717, 1.165) is 0 Å². The van der Waals surface area contributed by atoms with Crippen LogP contribution in [0.5, 0.6) is 0 Å². The van der Waals surface area contributed by atoms with Crippen molar-refractivity contribution < 1.29 is 14.3 Å². The van der Waals surface area contributed by atoms with Gasteiger partial charge in [0.1, 0.15) is 17.2 Å². The number of rotatable bonds is 2. The van der Waals surface area contributed by atoms with Gasteiger partial charge in [0.25, 0.3) is 0 Å². The molecule has 0 radical (unpaired) electrons. The van der Waals surface area contributed by atoms with Gasteiger partial charge in [0, 0.05) is 13.1 Å². The van der Waals surface area contributed by atoms with E-state index in [2.05, 4.69) is 4.99 Å². The van der Waals surface area contributed by atoms with Crippen molar-refractivity contribution in [3.05, 3.63) is 24.0 Å². The first-order chi connectivity index (χ1) is 7.72. The molecule has 1 aromatic carbocycles. The lowest BCUT2D eigenvalue weighted by Crippen LogP contribution is -2.22. The third-order valence-electron chi connectivity index (χ3n) is 2.61. The fourth-order valence-corrected chi connectivity index (χ4v) is 1.90. The topological polar surface area (TPSA) is 52.9 Å². The number of β-amino-alcohol motifs (C(OH)–C–C–N with tert-alkyl or cyclic N) is 1. The van der Waals surface area contributed by atoms with Crippen LogP contribution in [0.25, 0.3) is 0 Å². The van der Waals surface area contributed by atoms with Gasteiger partial charge in [-0.25, -0.2) is 9.18 Å². The van der Waals surface area contributed by atoms with Gasteiger partial charge in [0.05, 0.1) is 6.10 Å². The number of hydrogen-bond acceptors (Lipinski definition) is 4. The van der Waals surface area contributed by atoms with Crippen molar-refractivity contribution in [2.24, 2.45) is 4.99 Å². The third kappa shape index (κ3) is 1.96. The molecule has 1 fully saturated rings. The van der Waals surface area contributed by atoms with E-state index in [1.807, 2.05) is 0 Å². The number of aliphatic hydroxyl groups is 1. The first-order valence-corrected chi connectivity index (χ1v) is 5.02. The lowest BCUT2D eigenvalue weighted by Gasteiger charge is -2.19. The molecular weight excluding hydrogens is 211 g/mol. The van der Waals surface area contributed by atoms with Crippen LogP contribution in [0, 0.1) is 5.82 Å². The summed E-state index contributed by atoms with van der Waals surface area (Å²) in [5.41, 5.74) is 0.520. The normalized spacial score (nSPS) is 19.6. The Hall–Kier alpha value is -1.71. The number of isocyanates is 1. The van der Waals surface area contributed by atoms with Crippen LogP contribution in [0.15, 0.2) is 23.2 Å². The van der Waals surface area contributed by atoms with Crippen molar-refractivity contribution >= 4 is 17.5 Å². The maximum absolute atomic E-state index is 13.6. The molecule has 0 aromatic heterocycles. The summed E-state index contributed by atoms with van der Waals surface area (Å²) in [5.74, 6) is -0.439. The summed E-state index contributed by atoms with van der Waals surface area (Å²) in [6.45, 7) is 0.922. The van der Waals surface area contributed by atoms with Gasteiger partial charge in [0.2, 0.25) is 6.08 Å². The number of carbonyl (C=O) groups excluding carboxylic acids is 1. The number of para-hydroxylation sites is 1. The highest BCUT2D eigenvalue weighted by atomic mass is 19.1. The second-order valence-electron chi connectivity index (χ2n) is 3.70. The Bertz CT molecular complexity index is 444. The van der Waals surface area contributed by atoms with E-state index in [1.54, 1.807) is 11.0 Å². The van der Waals surface area contributed by atoms with Crippen molar-refractivity contribution in [1.29, 1.82) is 0 Å². The van der Waals surface area contributed by atoms with E-state index in [0.29, 0.717) is 19.5 Å². The third-order valence-corrected chi connectivity index (χ3v) is 2.61. The van der Waals surface area contributed by atoms with Crippen LogP contribution in [0.1, 0.15) is 6.42 Å². The number of aliphatic hydroxyl groups excluding tert-OH is 1. The van der Waals surface area contributed by atoms with Gasteiger partial charge in [-0.2, -0.15) is 4.99 Å². The Morgan fingerprint density at radius 1 is 1.56 bits per heavy atom. The molecule has 1 atom stereocenters. The maximum Gasteiger partial charge on any atom is 0.240 e. The summed E-state index contributed by atoms with van der Waals surface area (Å²) < 4.78 is 13.6. The molecule has 1 saturated heterocycles. The van der Waals surface area contributed by atoms with Crippen LogP contribution in [-0.2, 0) is 4.79 Å². The summed E-state index contributed by atoms with van der Waals surface area (Å²) in [7, 11) is 0. The molecule has 0 saturated carbocycles. The minimum atomic E-state index is -0.451.